The van der Waals surface area contributed by atoms with Crippen LogP contribution in [-0.4, -0.2) is 30.4 Å². The topological polar surface area (TPSA) is 60.8 Å². The number of nitrogens with zero attached hydrogens (tertiary/aromatic N) is 1. The molecule has 0 bridgehead atoms. The predicted octanol–water partition coefficient (Wildman–Crippen LogP) is 2.33. The lowest BCUT2D eigenvalue weighted by molar-refractivity contribution is 0.213. The van der Waals surface area contributed by atoms with E-state index in [2.05, 4.69) is 4.98 Å². The maximum atomic E-state index is 10.5. The summed E-state index contributed by atoms with van der Waals surface area (Å²) >= 11 is 0. The number of aromatic nitrogens is 1. The molecule has 2 aromatic rings. The molecular formula is C16H17NO4. The molecule has 1 aliphatic rings. The molecule has 0 aliphatic carbocycles. The minimum Gasteiger partial charge on any atom is -0.490 e. The maximum absolute atomic E-state index is 10.5. The number of hydrogen-bond donors (Lipinski definition) is 1. The zero-order valence-electron chi connectivity index (χ0n) is 11.8. The molecule has 0 amide bonds. The third-order valence-corrected chi connectivity index (χ3v) is 3.32. The minimum atomic E-state index is -0.836. The summed E-state index contributed by atoms with van der Waals surface area (Å²) in [5.74, 6) is 1.84. The highest BCUT2D eigenvalue weighted by Gasteiger charge is 2.17. The van der Waals surface area contributed by atoms with Crippen LogP contribution in [0.4, 0.5) is 0 Å². The minimum absolute atomic E-state index is 0.473. The van der Waals surface area contributed by atoms with E-state index >= 15 is 0 Å². The number of ether oxygens (including phenoxy) is 3. The Balaban J connectivity index is 1.90. The highest BCUT2D eigenvalue weighted by Crippen LogP contribution is 2.33. The van der Waals surface area contributed by atoms with E-state index in [0.717, 1.165) is 6.42 Å². The Morgan fingerprint density at radius 1 is 1.14 bits per heavy atom. The first-order valence-electron chi connectivity index (χ1n) is 6.86. The summed E-state index contributed by atoms with van der Waals surface area (Å²) in [4.78, 5) is 4.25. The van der Waals surface area contributed by atoms with Crippen molar-refractivity contribution in [1.29, 1.82) is 0 Å². The number of rotatable bonds is 3. The maximum Gasteiger partial charge on any atom is 0.213 e. The van der Waals surface area contributed by atoms with Gasteiger partial charge >= 0.3 is 0 Å². The molecule has 0 saturated heterocycles. The van der Waals surface area contributed by atoms with Gasteiger partial charge in [0.05, 0.1) is 26.0 Å². The van der Waals surface area contributed by atoms with Gasteiger partial charge in [-0.2, -0.15) is 0 Å². The summed E-state index contributed by atoms with van der Waals surface area (Å²) in [5.41, 5.74) is 1.24. The largest absolute Gasteiger partial charge is 0.490 e. The van der Waals surface area contributed by atoms with Crippen molar-refractivity contribution in [3.63, 3.8) is 0 Å². The standard InChI is InChI=1S/C16H17NO4/c1-19-15-5-2-4-12(17-15)16(18)11-6-7-13-14(10-11)21-9-3-8-20-13/h2,4-7,10,16,18H,3,8-9H2,1H3. The molecule has 110 valence electrons. The van der Waals surface area contributed by atoms with Crippen LogP contribution in [0.2, 0.25) is 0 Å². The van der Waals surface area contributed by atoms with Crippen LogP contribution in [-0.2, 0) is 0 Å². The highest BCUT2D eigenvalue weighted by atomic mass is 16.5. The van der Waals surface area contributed by atoms with Gasteiger partial charge in [-0.1, -0.05) is 12.1 Å². The Labute approximate surface area is 123 Å². The number of hydrogen-bond acceptors (Lipinski definition) is 5. The fraction of sp³-hybridized carbons (Fsp3) is 0.312. The lowest BCUT2D eigenvalue weighted by Crippen LogP contribution is -2.04. The van der Waals surface area contributed by atoms with Gasteiger partial charge < -0.3 is 19.3 Å². The molecule has 21 heavy (non-hydrogen) atoms. The lowest BCUT2D eigenvalue weighted by Gasteiger charge is -2.14. The first-order chi connectivity index (χ1) is 10.3. The Morgan fingerprint density at radius 3 is 2.76 bits per heavy atom. The molecule has 2 heterocycles. The third-order valence-electron chi connectivity index (χ3n) is 3.32. The Bertz CT molecular complexity index is 629. The number of pyridine rings is 1. The molecule has 1 aromatic heterocycles. The molecule has 5 heteroatoms. The van der Waals surface area contributed by atoms with Gasteiger partial charge in [-0.25, -0.2) is 4.98 Å². The van der Waals surface area contributed by atoms with E-state index in [1.807, 2.05) is 12.1 Å². The van der Waals surface area contributed by atoms with Gasteiger partial charge in [0.25, 0.3) is 0 Å². The van der Waals surface area contributed by atoms with E-state index in [0.29, 0.717) is 41.9 Å². The zero-order valence-corrected chi connectivity index (χ0v) is 11.8. The van der Waals surface area contributed by atoms with Gasteiger partial charge in [0.1, 0.15) is 6.10 Å². The summed E-state index contributed by atoms with van der Waals surface area (Å²) in [5, 5.41) is 10.5. The second-order valence-electron chi connectivity index (χ2n) is 4.76. The Morgan fingerprint density at radius 2 is 1.95 bits per heavy atom. The Kier molecular flexibility index (Phi) is 3.92. The van der Waals surface area contributed by atoms with Crippen LogP contribution >= 0.6 is 0 Å². The lowest BCUT2D eigenvalue weighted by atomic mass is 10.1. The van der Waals surface area contributed by atoms with Crippen LogP contribution in [0.5, 0.6) is 17.4 Å². The van der Waals surface area contributed by atoms with Crippen LogP contribution in [0.25, 0.3) is 0 Å². The number of aliphatic hydroxyl groups is 1. The van der Waals surface area contributed by atoms with Crippen molar-refractivity contribution in [3.05, 3.63) is 47.7 Å². The van der Waals surface area contributed by atoms with Crippen molar-refractivity contribution in [2.45, 2.75) is 12.5 Å². The van der Waals surface area contributed by atoms with Gasteiger partial charge in [-0.3, -0.25) is 0 Å². The summed E-state index contributed by atoms with van der Waals surface area (Å²) in [6.45, 7) is 1.26. The normalized spacial score (nSPS) is 15.1. The molecule has 5 nitrogen and oxygen atoms in total. The molecule has 1 aromatic carbocycles. The number of methoxy groups -OCH3 is 1. The summed E-state index contributed by atoms with van der Waals surface area (Å²) < 4.78 is 16.3. The van der Waals surface area contributed by atoms with Crippen molar-refractivity contribution in [3.8, 4) is 17.4 Å². The summed E-state index contributed by atoms with van der Waals surface area (Å²) in [7, 11) is 1.55. The van der Waals surface area contributed by atoms with Gasteiger partial charge in [0, 0.05) is 12.5 Å². The smallest absolute Gasteiger partial charge is 0.213 e. The zero-order chi connectivity index (χ0) is 14.7. The van der Waals surface area contributed by atoms with Crippen LogP contribution in [0.15, 0.2) is 36.4 Å². The van der Waals surface area contributed by atoms with Crippen molar-refractivity contribution in [2.24, 2.45) is 0 Å². The average molecular weight is 287 g/mol. The van der Waals surface area contributed by atoms with E-state index in [1.54, 1.807) is 31.4 Å². The van der Waals surface area contributed by atoms with E-state index < -0.39 is 6.10 Å². The molecule has 1 unspecified atom stereocenters. The molecule has 0 fully saturated rings. The monoisotopic (exact) mass is 287 g/mol. The van der Waals surface area contributed by atoms with Gasteiger partial charge in [-0.05, 0) is 23.8 Å². The predicted molar refractivity (Wildman–Crippen MR) is 76.9 cm³/mol. The molecule has 0 saturated carbocycles. The molecule has 3 rings (SSSR count). The fourth-order valence-corrected chi connectivity index (χ4v) is 2.22. The van der Waals surface area contributed by atoms with Gasteiger partial charge in [0.2, 0.25) is 5.88 Å². The Hall–Kier alpha value is -2.27. The first-order valence-corrected chi connectivity index (χ1v) is 6.86. The molecule has 0 radical (unpaired) electrons. The molecule has 1 aliphatic heterocycles. The van der Waals surface area contributed by atoms with Crippen molar-refractivity contribution < 1.29 is 19.3 Å². The van der Waals surface area contributed by atoms with E-state index in [9.17, 15) is 5.11 Å². The highest BCUT2D eigenvalue weighted by molar-refractivity contribution is 5.45. The third kappa shape index (κ3) is 2.92. The number of benzene rings is 1. The average Bonchev–Trinajstić information content (AvgIpc) is 2.78. The van der Waals surface area contributed by atoms with Crippen molar-refractivity contribution in [1.82, 2.24) is 4.98 Å². The quantitative estimate of drug-likeness (QED) is 0.939. The van der Waals surface area contributed by atoms with E-state index in [-0.39, 0.29) is 0 Å². The van der Waals surface area contributed by atoms with Crippen molar-refractivity contribution >= 4 is 0 Å². The van der Waals surface area contributed by atoms with Crippen LogP contribution in [0.1, 0.15) is 23.8 Å². The summed E-state index contributed by atoms with van der Waals surface area (Å²) in [6.07, 6.45) is 0.0153. The van der Waals surface area contributed by atoms with E-state index in [4.69, 9.17) is 14.2 Å². The van der Waals surface area contributed by atoms with Crippen LogP contribution in [0.3, 0.4) is 0 Å². The van der Waals surface area contributed by atoms with Crippen LogP contribution < -0.4 is 14.2 Å². The SMILES string of the molecule is COc1cccc(C(O)c2ccc3c(c2)OCCCO3)n1. The molecule has 0 spiro atoms. The number of fused-ring (bicyclic) bond motifs is 1. The van der Waals surface area contributed by atoms with Crippen LogP contribution in [0, 0.1) is 0 Å². The van der Waals surface area contributed by atoms with E-state index in [1.165, 1.54) is 0 Å². The first kappa shape index (κ1) is 13.7. The van der Waals surface area contributed by atoms with Gasteiger partial charge in [-0.15, -0.1) is 0 Å². The number of aliphatic hydroxyl groups excluding tert-OH is 1. The summed E-state index contributed by atoms with van der Waals surface area (Å²) in [6, 6.07) is 10.7. The molecule has 1 N–H and O–H groups in total. The fourth-order valence-electron chi connectivity index (χ4n) is 2.22. The molecule has 1 atom stereocenters. The second-order valence-corrected chi connectivity index (χ2v) is 4.76. The van der Waals surface area contributed by atoms with Crippen molar-refractivity contribution in [2.75, 3.05) is 20.3 Å². The van der Waals surface area contributed by atoms with Gasteiger partial charge in [0.15, 0.2) is 11.5 Å². The molecular weight excluding hydrogens is 270 g/mol. The second kappa shape index (κ2) is 6.01.